The molecule has 0 bridgehead atoms. The number of aromatic nitrogens is 2. The zero-order chi connectivity index (χ0) is 22.5. The molecule has 1 saturated heterocycles. The van der Waals surface area contributed by atoms with Crippen LogP contribution in [0.15, 0.2) is 54.7 Å². The van der Waals surface area contributed by atoms with Gasteiger partial charge in [0.25, 0.3) is 5.91 Å². The first kappa shape index (κ1) is 22.5. The van der Waals surface area contributed by atoms with E-state index in [1.54, 1.807) is 24.1 Å². The molecule has 1 aliphatic rings. The number of methoxy groups -OCH3 is 1. The predicted octanol–water partition coefficient (Wildman–Crippen LogP) is 4.19. The summed E-state index contributed by atoms with van der Waals surface area (Å²) in [6.45, 7) is 3.61. The van der Waals surface area contributed by atoms with Gasteiger partial charge >= 0.3 is 0 Å². The molecule has 0 aliphatic carbocycles. The summed E-state index contributed by atoms with van der Waals surface area (Å²) in [4.78, 5) is 16.9. The Hall–Kier alpha value is -2.74. The highest BCUT2D eigenvalue weighted by Crippen LogP contribution is 2.26. The summed E-state index contributed by atoms with van der Waals surface area (Å²) < 4.78 is 12.5. The van der Waals surface area contributed by atoms with Crippen molar-refractivity contribution in [3.63, 3.8) is 0 Å². The summed E-state index contributed by atoms with van der Waals surface area (Å²) in [6.07, 6.45) is 1.74. The van der Waals surface area contributed by atoms with Crippen molar-refractivity contribution in [1.82, 2.24) is 19.6 Å². The van der Waals surface area contributed by atoms with Crippen LogP contribution in [0.25, 0.3) is 0 Å². The lowest BCUT2D eigenvalue weighted by Gasteiger charge is -2.34. The van der Waals surface area contributed by atoms with Gasteiger partial charge in [-0.05, 0) is 42.5 Å². The van der Waals surface area contributed by atoms with E-state index in [9.17, 15) is 4.79 Å². The molecular weight excluding hydrogens is 451 g/mol. The minimum Gasteiger partial charge on any atom is -0.497 e. The standard InChI is InChI=1S/C23H24Cl2N4O3/c1-31-17-5-7-18(8-6-17)32-16-29-10-9-22(26-29)23(30)28-13-11-27(12-14-28)15-19-20(24)3-2-4-21(19)25/h2-10H,11-16H2,1H3. The normalized spacial score (nSPS) is 14.4. The second-order valence-corrected chi connectivity index (χ2v) is 8.27. The van der Waals surface area contributed by atoms with Crippen molar-refractivity contribution in [3.8, 4) is 11.5 Å². The number of piperazine rings is 1. The maximum Gasteiger partial charge on any atom is 0.274 e. The fourth-order valence-electron chi connectivity index (χ4n) is 3.54. The molecule has 1 aliphatic heterocycles. The van der Waals surface area contributed by atoms with Crippen molar-refractivity contribution in [2.75, 3.05) is 33.3 Å². The summed E-state index contributed by atoms with van der Waals surface area (Å²) in [5.74, 6) is 1.38. The summed E-state index contributed by atoms with van der Waals surface area (Å²) in [5, 5.41) is 5.70. The Kier molecular flexibility index (Phi) is 7.19. The molecule has 32 heavy (non-hydrogen) atoms. The van der Waals surface area contributed by atoms with Gasteiger partial charge < -0.3 is 14.4 Å². The lowest BCUT2D eigenvalue weighted by molar-refractivity contribution is 0.0621. The average molecular weight is 475 g/mol. The maximum absolute atomic E-state index is 12.9. The molecule has 4 rings (SSSR count). The van der Waals surface area contributed by atoms with Crippen molar-refractivity contribution in [3.05, 3.63) is 76.0 Å². The lowest BCUT2D eigenvalue weighted by atomic mass is 10.2. The van der Waals surface area contributed by atoms with Crippen LogP contribution in [-0.4, -0.2) is 58.8 Å². The van der Waals surface area contributed by atoms with Crippen LogP contribution in [0.1, 0.15) is 16.1 Å². The first-order valence-corrected chi connectivity index (χ1v) is 11.0. The van der Waals surface area contributed by atoms with Gasteiger partial charge in [-0.3, -0.25) is 9.69 Å². The van der Waals surface area contributed by atoms with Gasteiger partial charge in [-0.25, -0.2) is 4.68 Å². The van der Waals surface area contributed by atoms with E-state index in [1.165, 1.54) is 0 Å². The molecule has 1 aromatic heterocycles. The van der Waals surface area contributed by atoms with Crippen LogP contribution in [-0.2, 0) is 13.3 Å². The zero-order valence-corrected chi connectivity index (χ0v) is 19.2. The van der Waals surface area contributed by atoms with Crippen LogP contribution in [0.2, 0.25) is 10.0 Å². The number of benzene rings is 2. The number of halogens is 2. The van der Waals surface area contributed by atoms with Gasteiger partial charge in [0.05, 0.1) is 7.11 Å². The first-order chi connectivity index (χ1) is 15.5. The molecule has 2 heterocycles. The topological polar surface area (TPSA) is 59.8 Å². The maximum atomic E-state index is 12.9. The summed E-state index contributed by atoms with van der Waals surface area (Å²) in [5.41, 5.74) is 1.33. The third-order valence-electron chi connectivity index (χ3n) is 5.39. The molecule has 0 saturated carbocycles. The Labute approximate surface area is 197 Å². The highest BCUT2D eigenvalue weighted by molar-refractivity contribution is 6.35. The van der Waals surface area contributed by atoms with E-state index < -0.39 is 0 Å². The van der Waals surface area contributed by atoms with Gasteiger partial charge in [-0.15, -0.1) is 0 Å². The third kappa shape index (κ3) is 5.35. The van der Waals surface area contributed by atoms with Crippen molar-refractivity contribution in [1.29, 1.82) is 0 Å². The minimum absolute atomic E-state index is 0.0800. The van der Waals surface area contributed by atoms with Crippen LogP contribution in [0, 0.1) is 0 Å². The van der Waals surface area contributed by atoms with Gasteiger partial charge in [0.2, 0.25) is 0 Å². The van der Waals surface area contributed by atoms with Crippen molar-refractivity contribution in [2.24, 2.45) is 0 Å². The Morgan fingerprint density at radius 1 is 0.969 bits per heavy atom. The van der Waals surface area contributed by atoms with Crippen LogP contribution in [0.5, 0.6) is 11.5 Å². The van der Waals surface area contributed by atoms with Gasteiger partial charge in [0.1, 0.15) is 11.5 Å². The summed E-state index contributed by atoms with van der Waals surface area (Å²) in [6, 6.07) is 14.5. The summed E-state index contributed by atoms with van der Waals surface area (Å²) in [7, 11) is 1.62. The Bertz CT molecular complexity index is 1040. The monoisotopic (exact) mass is 474 g/mol. The number of carbonyl (C=O) groups is 1. The molecule has 7 nitrogen and oxygen atoms in total. The van der Waals surface area contributed by atoms with Crippen LogP contribution in [0.3, 0.4) is 0 Å². The number of amides is 1. The molecule has 0 atom stereocenters. The number of nitrogens with zero attached hydrogens (tertiary/aromatic N) is 4. The van der Waals surface area contributed by atoms with Crippen molar-refractivity contribution in [2.45, 2.75) is 13.3 Å². The number of carbonyl (C=O) groups excluding carboxylic acids is 1. The van der Waals surface area contributed by atoms with Gasteiger partial charge in [-0.2, -0.15) is 5.10 Å². The Balaban J connectivity index is 1.28. The Morgan fingerprint density at radius 2 is 1.62 bits per heavy atom. The number of hydrogen-bond acceptors (Lipinski definition) is 5. The third-order valence-corrected chi connectivity index (χ3v) is 6.09. The first-order valence-electron chi connectivity index (χ1n) is 10.3. The van der Waals surface area contributed by atoms with E-state index >= 15 is 0 Å². The largest absolute Gasteiger partial charge is 0.497 e. The molecule has 3 aromatic rings. The number of ether oxygens (including phenoxy) is 2. The average Bonchev–Trinajstić information content (AvgIpc) is 3.29. The molecular formula is C23H24Cl2N4O3. The molecule has 0 unspecified atom stereocenters. The van der Waals surface area contributed by atoms with E-state index in [-0.39, 0.29) is 12.6 Å². The molecule has 2 aromatic carbocycles. The van der Waals surface area contributed by atoms with E-state index in [4.69, 9.17) is 32.7 Å². The van der Waals surface area contributed by atoms with Crippen LogP contribution in [0.4, 0.5) is 0 Å². The van der Waals surface area contributed by atoms with Crippen molar-refractivity contribution >= 4 is 29.1 Å². The van der Waals surface area contributed by atoms with Crippen LogP contribution < -0.4 is 9.47 Å². The molecule has 0 spiro atoms. The molecule has 168 valence electrons. The van der Waals surface area contributed by atoms with Crippen molar-refractivity contribution < 1.29 is 14.3 Å². The second kappa shape index (κ2) is 10.3. The van der Waals surface area contributed by atoms with Gasteiger partial charge in [0.15, 0.2) is 12.4 Å². The van der Waals surface area contributed by atoms with Crippen LogP contribution >= 0.6 is 23.2 Å². The highest BCUT2D eigenvalue weighted by Gasteiger charge is 2.24. The summed E-state index contributed by atoms with van der Waals surface area (Å²) >= 11 is 12.6. The SMILES string of the molecule is COc1ccc(OCn2ccc(C(=O)N3CCN(Cc4c(Cl)cccc4Cl)CC3)n2)cc1. The Morgan fingerprint density at radius 3 is 2.28 bits per heavy atom. The van der Waals surface area contributed by atoms with Gasteiger partial charge in [-0.1, -0.05) is 29.3 Å². The molecule has 0 N–H and O–H groups in total. The lowest BCUT2D eigenvalue weighted by Crippen LogP contribution is -2.48. The number of rotatable bonds is 7. The van der Waals surface area contributed by atoms with E-state index in [0.29, 0.717) is 41.1 Å². The zero-order valence-electron chi connectivity index (χ0n) is 17.7. The van der Waals surface area contributed by atoms with E-state index in [0.717, 1.165) is 24.4 Å². The fraction of sp³-hybridized carbons (Fsp3) is 0.304. The second-order valence-electron chi connectivity index (χ2n) is 7.46. The molecule has 0 radical (unpaired) electrons. The van der Waals surface area contributed by atoms with E-state index in [1.807, 2.05) is 47.4 Å². The predicted molar refractivity (Wildman–Crippen MR) is 123 cm³/mol. The highest BCUT2D eigenvalue weighted by atomic mass is 35.5. The van der Waals surface area contributed by atoms with Gasteiger partial charge in [0, 0.05) is 54.5 Å². The molecule has 1 fully saturated rings. The minimum atomic E-state index is -0.0800. The number of hydrogen-bond donors (Lipinski definition) is 0. The quantitative estimate of drug-likeness (QED) is 0.513. The fourth-order valence-corrected chi connectivity index (χ4v) is 4.06. The molecule has 9 heteroatoms. The van der Waals surface area contributed by atoms with E-state index in [2.05, 4.69) is 10.00 Å². The molecule has 1 amide bonds. The smallest absolute Gasteiger partial charge is 0.274 e.